The van der Waals surface area contributed by atoms with E-state index in [-0.39, 0.29) is 13.1 Å². The van der Waals surface area contributed by atoms with E-state index < -0.39 is 0 Å². The fourth-order valence-electron chi connectivity index (χ4n) is 1.25. The van der Waals surface area contributed by atoms with E-state index in [4.69, 9.17) is 15.8 Å². The predicted octanol–water partition coefficient (Wildman–Crippen LogP) is 1.12. The first-order valence-electron chi connectivity index (χ1n) is 4.59. The van der Waals surface area contributed by atoms with Gasteiger partial charge in [-0.15, -0.1) is 0 Å². The Morgan fingerprint density at radius 2 is 1.81 bits per heavy atom. The van der Waals surface area contributed by atoms with Crippen LogP contribution in [-0.4, -0.2) is 18.1 Å². The molecule has 0 unspecified atom stereocenters. The molecule has 1 rings (SSSR count). The molecule has 0 amide bonds. The fraction of sp³-hybridized carbons (Fsp3) is 0.273. The van der Waals surface area contributed by atoms with Gasteiger partial charge in [0.2, 0.25) is 0 Å². The van der Waals surface area contributed by atoms with Crippen molar-refractivity contribution in [2.45, 2.75) is 6.92 Å². The number of nitrogens with zero attached hydrogens (tertiary/aromatic N) is 5. The Labute approximate surface area is 93.8 Å². The zero-order valence-electron chi connectivity index (χ0n) is 8.80. The third kappa shape index (κ3) is 2.47. The highest BCUT2D eigenvalue weighted by Gasteiger charge is 2.12. The van der Waals surface area contributed by atoms with Crippen LogP contribution in [0.4, 0.5) is 5.82 Å². The maximum atomic E-state index is 8.91. The summed E-state index contributed by atoms with van der Waals surface area (Å²) in [6, 6.07) is 9.25. The molecule has 0 radical (unpaired) electrons. The van der Waals surface area contributed by atoms with Crippen molar-refractivity contribution in [3.63, 3.8) is 0 Å². The molecule has 16 heavy (non-hydrogen) atoms. The van der Waals surface area contributed by atoms with Gasteiger partial charge in [-0.2, -0.15) is 15.8 Å². The van der Waals surface area contributed by atoms with Crippen LogP contribution in [-0.2, 0) is 0 Å². The van der Waals surface area contributed by atoms with Crippen LogP contribution in [0.1, 0.15) is 11.3 Å². The van der Waals surface area contributed by atoms with Gasteiger partial charge in [0.25, 0.3) is 0 Å². The van der Waals surface area contributed by atoms with Gasteiger partial charge in [0.1, 0.15) is 25.0 Å². The molecule has 1 aromatic heterocycles. The molecule has 0 spiro atoms. The van der Waals surface area contributed by atoms with Gasteiger partial charge in [-0.1, -0.05) is 0 Å². The van der Waals surface area contributed by atoms with E-state index in [1.165, 1.54) is 4.90 Å². The molecule has 0 aliphatic heterocycles. The minimum absolute atomic E-state index is 0.0404. The van der Waals surface area contributed by atoms with Crippen molar-refractivity contribution in [1.29, 1.82) is 15.8 Å². The first-order chi connectivity index (χ1) is 7.72. The number of pyridine rings is 1. The average Bonchev–Trinajstić information content (AvgIpc) is 2.29. The van der Waals surface area contributed by atoms with Crippen molar-refractivity contribution < 1.29 is 0 Å². The summed E-state index contributed by atoms with van der Waals surface area (Å²) in [6.45, 7) is 1.87. The molecule has 0 atom stereocenters. The van der Waals surface area contributed by atoms with Crippen LogP contribution in [0.2, 0.25) is 0 Å². The summed E-state index contributed by atoms with van der Waals surface area (Å²) >= 11 is 0. The van der Waals surface area contributed by atoms with Gasteiger partial charge in [0.05, 0.1) is 17.7 Å². The molecule has 0 N–H and O–H groups in total. The van der Waals surface area contributed by atoms with Gasteiger partial charge in [0, 0.05) is 5.69 Å². The molecule has 5 nitrogen and oxygen atoms in total. The summed E-state index contributed by atoms with van der Waals surface area (Å²) < 4.78 is 0. The molecule has 0 bridgehead atoms. The smallest absolute Gasteiger partial charge is 0.148 e. The molecule has 78 valence electrons. The standard InChI is InChI=1S/C11H9N5/c1-9-2-3-10(8-14)11(15-9)16(6-4-12)7-5-13/h2-3H,6-7H2,1H3. The number of hydrogen-bond donors (Lipinski definition) is 0. The molecule has 0 saturated heterocycles. The van der Waals surface area contributed by atoms with Crippen molar-refractivity contribution in [1.82, 2.24) is 4.98 Å². The fourth-order valence-corrected chi connectivity index (χ4v) is 1.25. The Balaban J connectivity index is 3.18. The molecule has 0 aliphatic rings. The molecular weight excluding hydrogens is 202 g/mol. The Bertz CT molecular complexity index is 485. The van der Waals surface area contributed by atoms with Crippen LogP contribution in [0.5, 0.6) is 0 Å². The van der Waals surface area contributed by atoms with Gasteiger partial charge in [-0.05, 0) is 19.1 Å². The van der Waals surface area contributed by atoms with Crippen molar-refractivity contribution in [2.75, 3.05) is 18.0 Å². The molecule has 5 heteroatoms. The Hall–Kier alpha value is -2.58. The second kappa shape index (κ2) is 5.34. The van der Waals surface area contributed by atoms with E-state index in [1.807, 2.05) is 18.2 Å². The van der Waals surface area contributed by atoms with E-state index in [0.29, 0.717) is 11.4 Å². The molecule has 0 fully saturated rings. The monoisotopic (exact) mass is 211 g/mol. The zero-order valence-corrected chi connectivity index (χ0v) is 8.80. The Kier molecular flexibility index (Phi) is 3.83. The number of rotatable bonds is 3. The van der Waals surface area contributed by atoms with E-state index >= 15 is 0 Å². The SMILES string of the molecule is Cc1ccc(C#N)c(N(CC#N)CC#N)n1. The topological polar surface area (TPSA) is 87.5 Å². The first kappa shape index (κ1) is 11.5. The first-order valence-corrected chi connectivity index (χ1v) is 4.59. The quantitative estimate of drug-likeness (QED) is 0.699. The summed E-state index contributed by atoms with van der Waals surface area (Å²) in [7, 11) is 0. The molecular formula is C11H9N5. The zero-order chi connectivity index (χ0) is 12.0. The lowest BCUT2D eigenvalue weighted by atomic mass is 10.2. The third-order valence-electron chi connectivity index (χ3n) is 1.96. The molecule has 0 aliphatic carbocycles. The lowest BCUT2D eigenvalue weighted by Gasteiger charge is -2.18. The highest BCUT2D eigenvalue weighted by Crippen LogP contribution is 2.17. The second-order valence-electron chi connectivity index (χ2n) is 3.11. The third-order valence-corrected chi connectivity index (χ3v) is 1.96. The summed E-state index contributed by atoms with van der Waals surface area (Å²) in [5.74, 6) is 0.394. The van der Waals surface area contributed by atoms with E-state index in [0.717, 1.165) is 5.69 Å². The summed E-state index contributed by atoms with van der Waals surface area (Å²) in [4.78, 5) is 5.66. The van der Waals surface area contributed by atoms with Crippen molar-refractivity contribution in [3.05, 3.63) is 23.4 Å². The Morgan fingerprint density at radius 1 is 1.19 bits per heavy atom. The number of aromatic nitrogens is 1. The Morgan fingerprint density at radius 3 is 2.31 bits per heavy atom. The molecule has 0 saturated carbocycles. The van der Waals surface area contributed by atoms with Gasteiger partial charge < -0.3 is 4.90 Å². The van der Waals surface area contributed by atoms with Crippen molar-refractivity contribution in [2.24, 2.45) is 0 Å². The van der Waals surface area contributed by atoms with Crippen molar-refractivity contribution >= 4 is 5.82 Å². The summed E-state index contributed by atoms with van der Waals surface area (Å²) in [5.41, 5.74) is 1.12. The van der Waals surface area contributed by atoms with Crippen LogP contribution < -0.4 is 4.90 Å². The highest BCUT2D eigenvalue weighted by atomic mass is 15.2. The van der Waals surface area contributed by atoms with Crippen LogP contribution in [0.15, 0.2) is 12.1 Å². The number of nitriles is 3. The normalized spacial score (nSPS) is 8.62. The minimum Gasteiger partial charge on any atom is -0.329 e. The molecule has 1 aromatic rings. The molecule has 1 heterocycles. The summed E-state index contributed by atoms with van der Waals surface area (Å²) in [5, 5.41) is 26.2. The molecule has 0 aromatic carbocycles. The lowest BCUT2D eigenvalue weighted by molar-refractivity contribution is 0.924. The predicted molar refractivity (Wildman–Crippen MR) is 57.1 cm³/mol. The van der Waals surface area contributed by atoms with E-state index in [9.17, 15) is 0 Å². The highest BCUT2D eigenvalue weighted by molar-refractivity contribution is 5.55. The van der Waals surface area contributed by atoms with Crippen molar-refractivity contribution in [3.8, 4) is 18.2 Å². The maximum Gasteiger partial charge on any atom is 0.148 e. The minimum atomic E-state index is 0.0404. The van der Waals surface area contributed by atoms with Gasteiger partial charge in [-0.25, -0.2) is 4.98 Å². The number of aryl methyl sites for hydroxylation is 1. The van der Waals surface area contributed by atoms with Gasteiger partial charge in [-0.3, -0.25) is 0 Å². The number of anilines is 1. The van der Waals surface area contributed by atoms with E-state index in [1.54, 1.807) is 19.1 Å². The largest absolute Gasteiger partial charge is 0.329 e. The average molecular weight is 211 g/mol. The van der Waals surface area contributed by atoms with Gasteiger partial charge in [0.15, 0.2) is 0 Å². The van der Waals surface area contributed by atoms with Crippen LogP contribution in [0, 0.1) is 40.9 Å². The van der Waals surface area contributed by atoms with Gasteiger partial charge >= 0.3 is 0 Å². The lowest BCUT2D eigenvalue weighted by Crippen LogP contribution is -2.26. The van der Waals surface area contributed by atoms with E-state index in [2.05, 4.69) is 4.98 Å². The second-order valence-corrected chi connectivity index (χ2v) is 3.11. The summed E-state index contributed by atoms with van der Waals surface area (Å²) in [6.07, 6.45) is 0. The van der Waals surface area contributed by atoms with Crippen LogP contribution >= 0.6 is 0 Å². The van der Waals surface area contributed by atoms with Crippen LogP contribution in [0.25, 0.3) is 0 Å². The maximum absolute atomic E-state index is 8.91. The number of hydrogen-bond acceptors (Lipinski definition) is 5. The van der Waals surface area contributed by atoms with Crippen LogP contribution in [0.3, 0.4) is 0 Å².